The van der Waals surface area contributed by atoms with E-state index in [0.717, 1.165) is 12.3 Å². The molecule has 1 heterocycles. The van der Waals surface area contributed by atoms with E-state index in [1.165, 1.54) is 0 Å². The highest BCUT2D eigenvalue weighted by atomic mass is 16.5. The fourth-order valence-electron chi connectivity index (χ4n) is 1.27. The summed E-state index contributed by atoms with van der Waals surface area (Å²) in [6.07, 6.45) is 1.69. The summed E-state index contributed by atoms with van der Waals surface area (Å²) in [6.45, 7) is 9.80. The monoisotopic (exact) mass is 211 g/mol. The minimum Gasteiger partial charge on any atom is -0.468 e. The van der Waals surface area contributed by atoms with Crippen LogP contribution in [-0.4, -0.2) is 18.8 Å². The molecular weight excluding hydrogens is 190 g/mol. The number of furan rings is 1. The minimum absolute atomic E-state index is 0.0599. The SMILES string of the molecule is C[C@H](NCCOC(C)(C)C)c1ccco1. The van der Waals surface area contributed by atoms with Crippen LogP contribution < -0.4 is 5.32 Å². The van der Waals surface area contributed by atoms with Gasteiger partial charge in [-0.05, 0) is 39.8 Å². The van der Waals surface area contributed by atoms with Gasteiger partial charge in [-0.15, -0.1) is 0 Å². The van der Waals surface area contributed by atoms with Crippen LogP contribution in [0.15, 0.2) is 22.8 Å². The van der Waals surface area contributed by atoms with E-state index in [1.807, 2.05) is 12.1 Å². The Morgan fingerprint density at radius 3 is 2.73 bits per heavy atom. The molecule has 3 nitrogen and oxygen atoms in total. The summed E-state index contributed by atoms with van der Waals surface area (Å²) in [5.74, 6) is 0.964. The van der Waals surface area contributed by atoms with Gasteiger partial charge in [-0.25, -0.2) is 0 Å². The standard InChI is InChI=1S/C12H21NO2/c1-10(11-6-5-8-14-11)13-7-9-15-12(2,3)4/h5-6,8,10,13H,7,9H2,1-4H3/t10-/m0/s1. The molecule has 1 rings (SSSR count). The minimum atomic E-state index is -0.0599. The Morgan fingerprint density at radius 1 is 1.47 bits per heavy atom. The van der Waals surface area contributed by atoms with Crippen molar-refractivity contribution in [1.29, 1.82) is 0 Å². The highest BCUT2D eigenvalue weighted by Gasteiger charge is 2.10. The number of hydrogen-bond acceptors (Lipinski definition) is 3. The summed E-state index contributed by atoms with van der Waals surface area (Å²) >= 11 is 0. The Bertz CT molecular complexity index is 262. The topological polar surface area (TPSA) is 34.4 Å². The van der Waals surface area contributed by atoms with Gasteiger partial charge >= 0.3 is 0 Å². The smallest absolute Gasteiger partial charge is 0.120 e. The van der Waals surface area contributed by atoms with E-state index in [9.17, 15) is 0 Å². The predicted molar refractivity (Wildman–Crippen MR) is 60.8 cm³/mol. The second-order valence-corrected chi connectivity index (χ2v) is 4.65. The predicted octanol–water partition coefficient (Wildman–Crippen LogP) is 2.75. The fourth-order valence-corrected chi connectivity index (χ4v) is 1.27. The Labute approximate surface area is 91.8 Å². The van der Waals surface area contributed by atoms with Gasteiger partial charge in [-0.2, -0.15) is 0 Å². The maximum Gasteiger partial charge on any atom is 0.120 e. The van der Waals surface area contributed by atoms with Crippen LogP contribution in [-0.2, 0) is 4.74 Å². The molecule has 1 aromatic heterocycles. The molecule has 0 saturated carbocycles. The van der Waals surface area contributed by atoms with Crippen LogP contribution in [0.4, 0.5) is 0 Å². The Hall–Kier alpha value is -0.800. The zero-order chi connectivity index (χ0) is 11.3. The molecule has 0 spiro atoms. The molecule has 0 aromatic carbocycles. The molecule has 0 radical (unpaired) electrons. The molecule has 0 amide bonds. The van der Waals surface area contributed by atoms with Crippen LogP contribution in [0.5, 0.6) is 0 Å². The van der Waals surface area contributed by atoms with E-state index in [4.69, 9.17) is 9.15 Å². The van der Waals surface area contributed by atoms with Crippen molar-refractivity contribution in [1.82, 2.24) is 5.32 Å². The Kier molecular flexibility index (Phi) is 4.36. The number of rotatable bonds is 5. The maximum atomic E-state index is 5.60. The quantitative estimate of drug-likeness (QED) is 0.760. The first-order chi connectivity index (χ1) is 6.99. The zero-order valence-corrected chi connectivity index (χ0v) is 10.0. The summed E-state index contributed by atoms with van der Waals surface area (Å²) in [7, 11) is 0. The van der Waals surface area contributed by atoms with Crippen molar-refractivity contribution in [3.8, 4) is 0 Å². The molecule has 0 aliphatic carbocycles. The summed E-state index contributed by atoms with van der Waals surface area (Å²) in [6, 6.07) is 4.12. The average Bonchev–Trinajstić information content (AvgIpc) is 2.63. The van der Waals surface area contributed by atoms with Gasteiger partial charge in [0.25, 0.3) is 0 Å². The van der Waals surface area contributed by atoms with Gasteiger partial charge in [0.1, 0.15) is 5.76 Å². The molecule has 0 unspecified atom stereocenters. The molecule has 0 aliphatic rings. The van der Waals surface area contributed by atoms with Crippen LogP contribution in [0.3, 0.4) is 0 Å². The van der Waals surface area contributed by atoms with Crippen LogP contribution in [0, 0.1) is 0 Å². The summed E-state index contributed by atoms with van der Waals surface area (Å²) < 4.78 is 10.9. The van der Waals surface area contributed by atoms with Gasteiger partial charge < -0.3 is 14.5 Å². The molecule has 0 bridgehead atoms. The first kappa shape index (κ1) is 12.3. The second kappa shape index (κ2) is 5.33. The molecule has 0 saturated heterocycles. The van der Waals surface area contributed by atoms with Crippen molar-refractivity contribution in [3.05, 3.63) is 24.2 Å². The van der Waals surface area contributed by atoms with E-state index < -0.39 is 0 Å². The van der Waals surface area contributed by atoms with E-state index in [0.29, 0.717) is 6.61 Å². The van der Waals surface area contributed by atoms with Crippen molar-refractivity contribution in [2.24, 2.45) is 0 Å². The highest BCUT2D eigenvalue weighted by molar-refractivity contribution is 5.02. The van der Waals surface area contributed by atoms with E-state index >= 15 is 0 Å². The molecule has 3 heteroatoms. The van der Waals surface area contributed by atoms with Gasteiger partial charge in [0, 0.05) is 6.54 Å². The number of hydrogen-bond donors (Lipinski definition) is 1. The summed E-state index contributed by atoms with van der Waals surface area (Å²) in [5.41, 5.74) is -0.0599. The molecule has 0 aliphatic heterocycles. The molecule has 1 atom stereocenters. The second-order valence-electron chi connectivity index (χ2n) is 4.65. The van der Waals surface area contributed by atoms with Crippen LogP contribution >= 0.6 is 0 Å². The van der Waals surface area contributed by atoms with Crippen molar-refractivity contribution in [2.45, 2.75) is 39.3 Å². The first-order valence-electron chi connectivity index (χ1n) is 5.40. The molecule has 1 aromatic rings. The van der Waals surface area contributed by atoms with Crippen LogP contribution in [0.2, 0.25) is 0 Å². The van der Waals surface area contributed by atoms with Gasteiger partial charge in [-0.1, -0.05) is 0 Å². The van der Waals surface area contributed by atoms with Gasteiger partial charge in [0.05, 0.1) is 24.5 Å². The van der Waals surface area contributed by atoms with Crippen molar-refractivity contribution in [2.75, 3.05) is 13.2 Å². The fraction of sp³-hybridized carbons (Fsp3) is 0.667. The zero-order valence-electron chi connectivity index (χ0n) is 10.0. The highest BCUT2D eigenvalue weighted by Crippen LogP contribution is 2.12. The Balaban J connectivity index is 2.16. The van der Waals surface area contributed by atoms with Gasteiger partial charge in [-0.3, -0.25) is 0 Å². The lowest BCUT2D eigenvalue weighted by atomic mass is 10.2. The lowest BCUT2D eigenvalue weighted by Gasteiger charge is -2.20. The van der Waals surface area contributed by atoms with Crippen molar-refractivity contribution < 1.29 is 9.15 Å². The van der Waals surface area contributed by atoms with Gasteiger partial charge in [0.15, 0.2) is 0 Å². The van der Waals surface area contributed by atoms with E-state index in [1.54, 1.807) is 6.26 Å². The average molecular weight is 211 g/mol. The normalized spacial score (nSPS) is 14.1. The maximum absolute atomic E-state index is 5.60. The summed E-state index contributed by atoms with van der Waals surface area (Å²) in [4.78, 5) is 0. The molecule has 0 fully saturated rings. The van der Waals surface area contributed by atoms with E-state index in [-0.39, 0.29) is 11.6 Å². The number of nitrogens with one attached hydrogen (secondary N) is 1. The van der Waals surface area contributed by atoms with Crippen LogP contribution in [0.1, 0.15) is 39.5 Å². The summed E-state index contributed by atoms with van der Waals surface area (Å²) in [5, 5.41) is 3.34. The molecule has 1 N–H and O–H groups in total. The molecule has 86 valence electrons. The third kappa shape index (κ3) is 5.00. The first-order valence-corrected chi connectivity index (χ1v) is 5.40. The van der Waals surface area contributed by atoms with Crippen molar-refractivity contribution in [3.63, 3.8) is 0 Å². The number of ether oxygens (including phenoxy) is 1. The third-order valence-electron chi connectivity index (χ3n) is 2.06. The van der Waals surface area contributed by atoms with Crippen molar-refractivity contribution >= 4 is 0 Å². The molecule has 15 heavy (non-hydrogen) atoms. The molecular formula is C12H21NO2. The third-order valence-corrected chi connectivity index (χ3v) is 2.06. The van der Waals surface area contributed by atoms with E-state index in [2.05, 4.69) is 33.0 Å². The largest absolute Gasteiger partial charge is 0.468 e. The lowest BCUT2D eigenvalue weighted by molar-refractivity contribution is -0.00164. The van der Waals surface area contributed by atoms with Gasteiger partial charge in [0.2, 0.25) is 0 Å². The van der Waals surface area contributed by atoms with Crippen LogP contribution in [0.25, 0.3) is 0 Å². The lowest BCUT2D eigenvalue weighted by Crippen LogP contribution is -2.28. The Morgan fingerprint density at radius 2 is 2.20 bits per heavy atom.